The summed E-state index contributed by atoms with van der Waals surface area (Å²) in [7, 11) is 0. The number of hydrogen-bond acceptors (Lipinski definition) is 0. The molecule has 0 radical (unpaired) electrons. The molecule has 2 atom stereocenters. The van der Waals surface area contributed by atoms with E-state index in [4.69, 9.17) is 0 Å². The molecule has 0 spiro atoms. The van der Waals surface area contributed by atoms with Crippen LogP contribution in [0.25, 0.3) is 0 Å². The highest BCUT2D eigenvalue weighted by Gasteiger charge is 2.25. The standard InChI is InChI=1S/C7H10.C6H6/c1-2-7-4-3-6(1)5-7;1-2-4-6-5-3-1/h1-2,6-7H,3-5H2;1-6H. The Bertz CT molecular complexity index is 222. The van der Waals surface area contributed by atoms with Gasteiger partial charge in [-0.2, -0.15) is 0 Å². The second-order valence-corrected chi connectivity index (χ2v) is 3.87. The minimum atomic E-state index is 0.991. The van der Waals surface area contributed by atoms with Crippen molar-refractivity contribution >= 4 is 0 Å². The Morgan fingerprint density at radius 3 is 1.15 bits per heavy atom. The highest BCUT2D eigenvalue weighted by molar-refractivity contribution is 5.06. The number of hydrogen-bond donors (Lipinski definition) is 0. The van der Waals surface area contributed by atoms with Crippen molar-refractivity contribution in [1.82, 2.24) is 0 Å². The number of allylic oxidation sites excluding steroid dienone is 2. The summed E-state index contributed by atoms with van der Waals surface area (Å²) in [5.74, 6) is 1.98. The molecule has 3 rings (SSSR count). The van der Waals surface area contributed by atoms with Crippen molar-refractivity contribution in [2.75, 3.05) is 0 Å². The molecule has 2 aliphatic carbocycles. The molecule has 0 amide bonds. The third-order valence-electron chi connectivity index (χ3n) is 2.84. The maximum atomic E-state index is 2.38. The second-order valence-electron chi connectivity index (χ2n) is 3.87. The molecule has 0 N–H and O–H groups in total. The molecule has 0 aliphatic heterocycles. The normalized spacial score (nSPS) is 28.3. The van der Waals surface area contributed by atoms with E-state index in [9.17, 15) is 0 Å². The molecule has 2 unspecified atom stereocenters. The Morgan fingerprint density at radius 2 is 1.00 bits per heavy atom. The largest absolute Gasteiger partial charge is 0.0851 e. The van der Waals surface area contributed by atoms with Gasteiger partial charge in [-0.05, 0) is 31.1 Å². The topological polar surface area (TPSA) is 0 Å². The highest BCUT2D eigenvalue weighted by atomic mass is 14.3. The highest BCUT2D eigenvalue weighted by Crippen LogP contribution is 2.38. The molecule has 68 valence electrons. The lowest BCUT2D eigenvalue weighted by atomic mass is 10.1. The summed E-state index contributed by atoms with van der Waals surface area (Å²) in [6, 6.07) is 12.0. The van der Waals surface area contributed by atoms with Gasteiger partial charge in [-0.3, -0.25) is 0 Å². The van der Waals surface area contributed by atoms with Gasteiger partial charge in [0, 0.05) is 0 Å². The number of benzene rings is 1. The van der Waals surface area contributed by atoms with E-state index >= 15 is 0 Å². The van der Waals surface area contributed by atoms with Gasteiger partial charge in [-0.25, -0.2) is 0 Å². The molecule has 1 fully saturated rings. The van der Waals surface area contributed by atoms with Crippen LogP contribution in [0.3, 0.4) is 0 Å². The van der Waals surface area contributed by atoms with E-state index in [1.54, 1.807) is 0 Å². The molecule has 13 heavy (non-hydrogen) atoms. The summed E-state index contributed by atoms with van der Waals surface area (Å²) in [6.45, 7) is 0. The quantitative estimate of drug-likeness (QED) is 0.524. The SMILES string of the molecule is C1=CC2CCC1C2.c1ccccc1. The molecule has 0 heterocycles. The Morgan fingerprint density at radius 1 is 0.615 bits per heavy atom. The summed E-state index contributed by atoms with van der Waals surface area (Å²) in [6.07, 6.45) is 9.19. The lowest BCUT2D eigenvalue weighted by molar-refractivity contribution is 0.691. The average Bonchev–Trinajstić information content (AvgIpc) is 2.85. The summed E-state index contributed by atoms with van der Waals surface area (Å²) in [4.78, 5) is 0. The third kappa shape index (κ3) is 2.45. The van der Waals surface area contributed by atoms with E-state index in [2.05, 4.69) is 12.2 Å². The minimum Gasteiger partial charge on any atom is -0.0851 e. The molecular weight excluding hydrogens is 156 g/mol. The average molecular weight is 172 g/mol. The monoisotopic (exact) mass is 172 g/mol. The third-order valence-corrected chi connectivity index (χ3v) is 2.84. The molecule has 0 aromatic heterocycles. The molecule has 1 saturated carbocycles. The molecule has 0 nitrogen and oxygen atoms in total. The summed E-state index contributed by atoms with van der Waals surface area (Å²) >= 11 is 0. The predicted molar refractivity (Wildman–Crippen MR) is 56.4 cm³/mol. The van der Waals surface area contributed by atoms with Crippen LogP contribution in [-0.2, 0) is 0 Å². The first kappa shape index (κ1) is 8.55. The van der Waals surface area contributed by atoms with Crippen molar-refractivity contribution in [1.29, 1.82) is 0 Å². The zero-order valence-corrected chi connectivity index (χ0v) is 7.89. The van der Waals surface area contributed by atoms with Gasteiger partial charge < -0.3 is 0 Å². The van der Waals surface area contributed by atoms with Crippen molar-refractivity contribution in [2.45, 2.75) is 19.3 Å². The lowest BCUT2D eigenvalue weighted by Crippen LogP contribution is -1.82. The van der Waals surface area contributed by atoms with E-state index in [1.165, 1.54) is 19.3 Å². The van der Waals surface area contributed by atoms with E-state index in [0.29, 0.717) is 0 Å². The zero-order valence-electron chi connectivity index (χ0n) is 7.89. The van der Waals surface area contributed by atoms with Gasteiger partial charge in [0.05, 0.1) is 0 Å². The van der Waals surface area contributed by atoms with Crippen molar-refractivity contribution in [3.8, 4) is 0 Å². The first-order chi connectivity index (χ1) is 6.45. The molecule has 1 aromatic carbocycles. The van der Waals surface area contributed by atoms with Crippen LogP contribution in [0.4, 0.5) is 0 Å². The van der Waals surface area contributed by atoms with Crippen LogP contribution in [0.1, 0.15) is 19.3 Å². The van der Waals surface area contributed by atoms with Gasteiger partial charge in [0.2, 0.25) is 0 Å². The van der Waals surface area contributed by atoms with E-state index < -0.39 is 0 Å². The predicted octanol–water partition coefficient (Wildman–Crippen LogP) is 3.66. The maximum Gasteiger partial charge on any atom is -0.0228 e. The van der Waals surface area contributed by atoms with Crippen LogP contribution < -0.4 is 0 Å². The Labute approximate surface area is 80.3 Å². The van der Waals surface area contributed by atoms with Gasteiger partial charge in [-0.1, -0.05) is 48.6 Å². The molecule has 0 heteroatoms. The first-order valence-electron chi connectivity index (χ1n) is 5.13. The van der Waals surface area contributed by atoms with Crippen LogP contribution in [0.5, 0.6) is 0 Å². The van der Waals surface area contributed by atoms with Gasteiger partial charge in [0.25, 0.3) is 0 Å². The first-order valence-corrected chi connectivity index (χ1v) is 5.13. The second kappa shape index (κ2) is 4.27. The van der Waals surface area contributed by atoms with Gasteiger partial charge in [0.15, 0.2) is 0 Å². The summed E-state index contributed by atoms with van der Waals surface area (Å²) < 4.78 is 0. The van der Waals surface area contributed by atoms with Crippen molar-refractivity contribution in [2.24, 2.45) is 11.8 Å². The van der Waals surface area contributed by atoms with Crippen LogP contribution in [0.15, 0.2) is 48.6 Å². The van der Waals surface area contributed by atoms with Gasteiger partial charge >= 0.3 is 0 Å². The fraction of sp³-hybridized carbons (Fsp3) is 0.385. The van der Waals surface area contributed by atoms with Crippen molar-refractivity contribution < 1.29 is 0 Å². The molecule has 2 bridgehead atoms. The molecular formula is C13H16. The summed E-state index contributed by atoms with van der Waals surface area (Å²) in [5.41, 5.74) is 0. The Kier molecular flexibility index (Phi) is 2.81. The smallest absolute Gasteiger partial charge is 0.0228 e. The molecule has 2 aliphatic rings. The molecule has 1 aromatic rings. The van der Waals surface area contributed by atoms with E-state index in [-0.39, 0.29) is 0 Å². The lowest BCUT2D eigenvalue weighted by Gasteiger charge is -1.96. The van der Waals surface area contributed by atoms with Gasteiger partial charge in [-0.15, -0.1) is 0 Å². The number of fused-ring (bicyclic) bond motifs is 2. The number of rotatable bonds is 0. The molecule has 0 saturated heterocycles. The summed E-state index contributed by atoms with van der Waals surface area (Å²) in [5, 5.41) is 0. The van der Waals surface area contributed by atoms with Crippen LogP contribution >= 0.6 is 0 Å². The Hall–Kier alpha value is -1.04. The fourth-order valence-corrected chi connectivity index (χ4v) is 2.10. The fourth-order valence-electron chi connectivity index (χ4n) is 2.10. The Balaban J connectivity index is 0.000000102. The van der Waals surface area contributed by atoms with Crippen LogP contribution in [-0.4, -0.2) is 0 Å². The zero-order chi connectivity index (χ0) is 8.93. The van der Waals surface area contributed by atoms with Crippen LogP contribution in [0, 0.1) is 11.8 Å². The van der Waals surface area contributed by atoms with Crippen molar-refractivity contribution in [3.05, 3.63) is 48.6 Å². The van der Waals surface area contributed by atoms with Crippen molar-refractivity contribution in [3.63, 3.8) is 0 Å². The van der Waals surface area contributed by atoms with Gasteiger partial charge in [0.1, 0.15) is 0 Å². The maximum absolute atomic E-state index is 2.38. The minimum absolute atomic E-state index is 0.991. The van der Waals surface area contributed by atoms with E-state index in [0.717, 1.165) is 11.8 Å². The van der Waals surface area contributed by atoms with Crippen LogP contribution in [0.2, 0.25) is 0 Å². The van der Waals surface area contributed by atoms with E-state index in [1.807, 2.05) is 36.4 Å².